The van der Waals surface area contributed by atoms with Crippen molar-refractivity contribution in [1.29, 1.82) is 0 Å². The summed E-state index contributed by atoms with van der Waals surface area (Å²) in [5.74, 6) is 6.51. The van der Waals surface area contributed by atoms with Gasteiger partial charge in [0.05, 0.1) is 0 Å². The Balaban J connectivity index is 1.98. The molecule has 1 unspecified atom stereocenters. The number of rotatable bonds is 6. The van der Waals surface area contributed by atoms with E-state index in [1.54, 1.807) is 11.8 Å². The first kappa shape index (κ1) is 16.7. The van der Waals surface area contributed by atoms with Crippen molar-refractivity contribution < 1.29 is 0 Å². The van der Waals surface area contributed by atoms with Crippen molar-refractivity contribution >= 4 is 35.0 Å². The summed E-state index contributed by atoms with van der Waals surface area (Å²) < 4.78 is 0. The molecule has 0 aromatic heterocycles. The third-order valence-corrected chi connectivity index (χ3v) is 5.10. The zero-order chi connectivity index (χ0) is 15.2. The summed E-state index contributed by atoms with van der Waals surface area (Å²) in [6.07, 6.45) is 0.702. The summed E-state index contributed by atoms with van der Waals surface area (Å²) in [5, 5.41) is 1.37. The van der Waals surface area contributed by atoms with Gasteiger partial charge in [-0.25, -0.2) is 0 Å². The SMILES string of the molecule is Cc1ccc(SCC(Cc2c(Cl)cccc2Cl)NN)cc1. The number of nitrogens with two attached hydrogens (primary N) is 1. The second-order valence-corrected chi connectivity index (χ2v) is 6.80. The molecule has 2 aromatic rings. The summed E-state index contributed by atoms with van der Waals surface area (Å²) in [6, 6.07) is 14.1. The van der Waals surface area contributed by atoms with Crippen LogP contribution in [-0.2, 0) is 6.42 Å². The van der Waals surface area contributed by atoms with E-state index >= 15 is 0 Å². The molecular formula is C16H18Cl2N2S. The Morgan fingerprint density at radius 3 is 2.29 bits per heavy atom. The van der Waals surface area contributed by atoms with Crippen LogP contribution in [0.5, 0.6) is 0 Å². The maximum absolute atomic E-state index is 6.21. The molecule has 0 amide bonds. The third kappa shape index (κ3) is 4.90. The number of halogens is 2. The predicted octanol–water partition coefficient (Wildman–Crippen LogP) is 4.47. The molecule has 0 aliphatic rings. The molecule has 0 bridgehead atoms. The van der Waals surface area contributed by atoms with E-state index < -0.39 is 0 Å². The van der Waals surface area contributed by atoms with Crippen molar-refractivity contribution in [2.45, 2.75) is 24.3 Å². The van der Waals surface area contributed by atoms with Crippen LogP contribution in [0.25, 0.3) is 0 Å². The normalized spacial score (nSPS) is 12.4. The standard InChI is InChI=1S/C16H18Cl2N2S/c1-11-5-7-13(8-6-11)21-10-12(20-19)9-14-15(17)3-2-4-16(14)18/h2-8,12,20H,9-10,19H2,1H3. The first-order chi connectivity index (χ1) is 10.1. The number of benzene rings is 2. The van der Waals surface area contributed by atoms with Gasteiger partial charge in [-0.2, -0.15) is 0 Å². The second kappa shape index (κ2) is 8.06. The molecule has 0 aliphatic carbocycles. The fourth-order valence-corrected chi connectivity index (χ4v) is 3.46. The molecule has 5 heteroatoms. The molecule has 0 heterocycles. The van der Waals surface area contributed by atoms with Gasteiger partial charge in [0.2, 0.25) is 0 Å². The minimum Gasteiger partial charge on any atom is -0.271 e. The Morgan fingerprint density at radius 1 is 1.10 bits per heavy atom. The van der Waals surface area contributed by atoms with E-state index in [0.717, 1.165) is 11.3 Å². The van der Waals surface area contributed by atoms with Gasteiger partial charge in [0.15, 0.2) is 0 Å². The first-order valence-electron chi connectivity index (χ1n) is 6.68. The van der Waals surface area contributed by atoms with Crippen LogP contribution in [0.1, 0.15) is 11.1 Å². The van der Waals surface area contributed by atoms with E-state index in [1.807, 2.05) is 18.2 Å². The summed E-state index contributed by atoms with van der Waals surface area (Å²) in [6.45, 7) is 2.08. The smallest absolute Gasteiger partial charge is 0.0453 e. The van der Waals surface area contributed by atoms with E-state index in [1.165, 1.54) is 10.5 Å². The molecule has 0 aliphatic heterocycles. The van der Waals surface area contributed by atoms with Gasteiger partial charge in [-0.3, -0.25) is 11.3 Å². The molecule has 2 nitrogen and oxygen atoms in total. The molecule has 0 fully saturated rings. The molecule has 2 aromatic carbocycles. The highest BCUT2D eigenvalue weighted by Crippen LogP contribution is 2.27. The average molecular weight is 341 g/mol. The van der Waals surface area contributed by atoms with Crippen LogP contribution >= 0.6 is 35.0 Å². The number of hydrogen-bond acceptors (Lipinski definition) is 3. The van der Waals surface area contributed by atoms with Crippen LogP contribution in [0.3, 0.4) is 0 Å². The lowest BCUT2D eigenvalue weighted by Crippen LogP contribution is -2.38. The minimum atomic E-state index is 0.105. The number of aryl methyl sites for hydroxylation is 1. The van der Waals surface area contributed by atoms with Gasteiger partial charge in [-0.15, -0.1) is 11.8 Å². The van der Waals surface area contributed by atoms with E-state index in [4.69, 9.17) is 29.0 Å². The van der Waals surface area contributed by atoms with Crippen LogP contribution in [-0.4, -0.2) is 11.8 Å². The number of nitrogens with one attached hydrogen (secondary N) is 1. The number of thioether (sulfide) groups is 1. The molecule has 1 atom stereocenters. The van der Waals surface area contributed by atoms with Gasteiger partial charge < -0.3 is 0 Å². The second-order valence-electron chi connectivity index (χ2n) is 4.89. The lowest BCUT2D eigenvalue weighted by molar-refractivity contribution is 0.575. The lowest BCUT2D eigenvalue weighted by atomic mass is 10.1. The van der Waals surface area contributed by atoms with Crippen molar-refractivity contribution in [3.63, 3.8) is 0 Å². The lowest BCUT2D eigenvalue weighted by Gasteiger charge is -2.17. The van der Waals surface area contributed by atoms with Crippen molar-refractivity contribution in [3.05, 3.63) is 63.6 Å². The van der Waals surface area contributed by atoms with Crippen molar-refractivity contribution in [2.24, 2.45) is 5.84 Å². The van der Waals surface area contributed by atoms with Gasteiger partial charge in [0.1, 0.15) is 0 Å². The maximum atomic E-state index is 6.21. The molecule has 3 N–H and O–H groups in total. The topological polar surface area (TPSA) is 38.0 Å². The van der Waals surface area contributed by atoms with Crippen molar-refractivity contribution in [3.8, 4) is 0 Å². The fourth-order valence-electron chi connectivity index (χ4n) is 1.97. The maximum Gasteiger partial charge on any atom is 0.0453 e. The van der Waals surface area contributed by atoms with Crippen LogP contribution < -0.4 is 11.3 Å². The molecule has 0 radical (unpaired) electrons. The molecule has 2 rings (SSSR count). The van der Waals surface area contributed by atoms with Crippen LogP contribution in [0.15, 0.2) is 47.4 Å². The molecule has 112 valence electrons. The Hall–Kier alpha value is -0.710. The summed E-state index contributed by atoms with van der Waals surface area (Å²) >= 11 is 14.2. The third-order valence-electron chi connectivity index (χ3n) is 3.22. The van der Waals surface area contributed by atoms with Crippen molar-refractivity contribution in [2.75, 3.05) is 5.75 Å². The molecule has 0 saturated heterocycles. The average Bonchev–Trinajstić information content (AvgIpc) is 2.48. The Kier molecular flexibility index (Phi) is 6.40. The highest BCUT2D eigenvalue weighted by molar-refractivity contribution is 7.99. The molecular weight excluding hydrogens is 323 g/mol. The molecule has 0 saturated carbocycles. The summed E-state index contributed by atoms with van der Waals surface area (Å²) in [7, 11) is 0. The van der Waals surface area contributed by atoms with Crippen LogP contribution in [0.2, 0.25) is 10.0 Å². The predicted molar refractivity (Wildman–Crippen MR) is 93.2 cm³/mol. The van der Waals surface area contributed by atoms with E-state index in [-0.39, 0.29) is 6.04 Å². The zero-order valence-electron chi connectivity index (χ0n) is 11.8. The van der Waals surface area contributed by atoms with Gasteiger partial charge in [0, 0.05) is 26.7 Å². The highest BCUT2D eigenvalue weighted by Gasteiger charge is 2.13. The minimum absolute atomic E-state index is 0.105. The highest BCUT2D eigenvalue weighted by atomic mass is 35.5. The monoisotopic (exact) mass is 340 g/mol. The molecule has 0 spiro atoms. The van der Waals surface area contributed by atoms with Gasteiger partial charge in [0.25, 0.3) is 0 Å². The zero-order valence-corrected chi connectivity index (χ0v) is 14.1. The van der Waals surface area contributed by atoms with Gasteiger partial charge in [-0.05, 0) is 43.2 Å². The summed E-state index contributed by atoms with van der Waals surface area (Å²) in [5.41, 5.74) is 5.05. The van der Waals surface area contributed by atoms with E-state index in [2.05, 4.69) is 36.6 Å². The fraction of sp³-hybridized carbons (Fsp3) is 0.250. The quantitative estimate of drug-likeness (QED) is 0.463. The van der Waals surface area contributed by atoms with E-state index in [0.29, 0.717) is 16.5 Å². The number of hydrogen-bond donors (Lipinski definition) is 2. The van der Waals surface area contributed by atoms with E-state index in [9.17, 15) is 0 Å². The summed E-state index contributed by atoms with van der Waals surface area (Å²) in [4.78, 5) is 1.23. The largest absolute Gasteiger partial charge is 0.271 e. The Bertz CT molecular complexity index is 567. The molecule has 21 heavy (non-hydrogen) atoms. The van der Waals surface area contributed by atoms with Crippen LogP contribution in [0, 0.1) is 6.92 Å². The van der Waals surface area contributed by atoms with Crippen LogP contribution in [0.4, 0.5) is 0 Å². The van der Waals surface area contributed by atoms with Gasteiger partial charge >= 0.3 is 0 Å². The Morgan fingerprint density at radius 2 is 1.71 bits per heavy atom. The van der Waals surface area contributed by atoms with Crippen molar-refractivity contribution in [1.82, 2.24) is 5.43 Å². The number of hydrazine groups is 1. The first-order valence-corrected chi connectivity index (χ1v) is 8.43. The van der Waals surface area contributed by atoms with Gasteiger partial charge in [-0.1, -0.05) is 47.0 Å². The Labute approximate surface area is 140 Å².